The molecule has 1 fully saturated rings. The van der Waals surface area contributed by atoms with Crippen LogP contribution in [0.3, 0.4) is 0 Å². The normalized spacial score (nSPS) is 15.1. The third kappa shape index (κ3) is 5.41. The van der Waals surface area contributed by atoms with Crippen LogP contribution in [0, 0.1) is 0 Å². The lowest BCUT2D eigenvalue weighted by molar-refractivity contribution is -0.120. The Morgan fingerprint density at radius 1 is 1.33 bits per heavy atom. The smallest absolute Gasteiger partial charge is 0.246 e. The number of amides is 1. The highest BCUT2D eigenvalue weighted by molar-refractivity contribution is 14.0. The van der Waals surface area contributed by atoms with Crippen molar-refractivity contribution >= 4 is 52.9 Å². The third-order valence-electron chi connectivity index (χ3n) is 4.17. The number of hydrogen-bond donors (Lipinski definition) is 1. The van der Waals surface area contributed by atoms with Gasteiger partial charge < -0.3 is 15.1 Å². The van der Waals surface area contributed by atoms with Crippen LogP contribution in [0.2, 0.25) is 0 Å². The number of carbonyl (C=O) groups excluding carboxylic acids is 1. The average molecular weight is 503 g/mol. The zero-order valence-electron chi connectivity index (χ0n) is 15.9. The van der Waals surface area contributed by atoms with E-state index < -0.39 is 0 Å². The second-order valence-electron chi connectivity index (χ2n) is 6.08. The molecule has 148 valence electrons. The van der Waals surface area contributed by atoms with E-state index in [1.54, 1.807) is 27.1 Å². The number of aryl methyl sites for hydroxylation is 2. The van der Waals surface area contributed by atoms with Crippen LogP contribution in [0.4, 0.5) is 5.69 Å². The lowest BCUT2D eigenvalue weighted by Crippen LogP contribution is -2.55. The Hall–Kier alpha value is -1.69. The molecule has 2 aromatic rings. The van der Waals surface area contributed by atoms with Gasteiger partial charge in [0.1, 0.15) is 11.6 Å². The first-order valence-corrected chi connectivity index (χ1v) is 9.68. The van der Waals surface area contributed by atoms with E-state index in [-0.39, 0.29) is 29.9 Å². The number of halogens is 1. The topological polar surface area (TPSA) is 78.7 Å². The highest BCUT2D eigenvalue weighted by atomic mass is 127. The fraction of sp³-hybridized carbons (Fsp3) is 0.529. The maximum Gasteiger partial charge on any atom is 0.246 e. The number of anilines is 1. The molecule has 1 amide bonds. The molecule has 0 saturated carbocycles. The van der Waals surface area contributed by atoms with Gasteiger partial charge in [-0.15, -0.1) is 35.3 Å². The summed E-state index contributed by atoms with van der Waals surface area (Å²) in [6.07, 6.45) is 6.49. The van der Waals surface area contributed by atoms with Crippen molar-refractivity contribution in [1.29, 1.82) is 0 Å². The van der Waals surface area contributed by atoms with Crippen LogP contribution >= 0.6 is 35.3 Å². The number of rotatable bonds is 5. The fourth-order valence-corrected chi connectivity index (χ4v) is 3.61. The summed E-state index contributed by atoms with van der Waals surface area (Å²) < 4.78 is 1.71. The van der Waals surface area contributed by atoms with E-state index in [1.807, 2.05) is 31.3 Å². The summed E-state index contributed by atoms with van der Waals surface area (Å²) in [6.45, 7) is 7.09. The predicted octanol–water partition coefficient (Wildman–Crippen LogP) is 1.87. The van der Waals surface area contributed by atoms with Gasteiger partial charge in [-0.1, -0.05) is 6.92 Å². The highest BCUT2D eigenvalue weighted by Crippen LogP contribution is 2.17. The Morgan fingerprint density at radius 3 is 2.74 bits per heavy atom. The SMILES string of the molecule is CCNC(=NCc1ncc(CC)s1)N1CCN(c2cnn(C)c2)C(=O)C1.I. The standard InChI is InChI=1S/C17H25N7OS.HI/c1-4-14-9-19-15(26-14)10-20-17(18-5-2)23-6-7-24(16(25)12-23)13-8-21-22(3)11-13;/h8-9,11H,4-7,10,12H2,1-3H3,(H,18,20);1H. The van der Waals surface area contributed by atoms with E-state index in [9.17, 15) is 4.79 Å². The molecule has 0 atom stereocenters. The summed E-state index contributed by atoms with van der Waals surface area (Å²) in [5.74, 6) is 0.817. The van der Waals surface area contributed by atoms with Crippen molar-refractivity contribution in [3.63, 3.8) is 0 Å². The summed E-state index contributed by atoms with van der Waals surface area (Å²) >= 11 is 1.69. The molecule has 0 aromatic carbocycles. The molecule has 8 nitrogen and oxygen atoms in total. The molecule has 0 spiro atoms. The van der Waals surface area contributed by atoms with E-state index in [0.29, 0.717) is 19.6 Å². The largest absolute Gasteiger partial charge is 0.356 e. The lowest BCUT2D eigenvalue weighted by Gasteiger charge is -2.35. The van der Waals surface area contributed by atoms with E-state index in [0.717, 1.165) is 36.2 Å². The van der Waals surface area contributed by atoms with Gasteiger partial charge in [0.25, 0.3) is 0 Å². The fourth-order valence-electron chi connectivity index (χ4n) is 2.83. The van der Waals surface area contributed by atoms with Gasteiger partial charge >= 0.3 is 0 Å². The van der Waals surface area contributed by atoms with Crippen LogP contribution in [0.15, 0.2) is 23.6 Å². The summed E-state index contributed by atoms with van der Waals surface area (Å²) in [5, 5.41) is 8.44. The Balaban J connectivity index is 0.00000261. The molecule has 3 heterocycles. The van der Waals surface area contributed by atoms with E-state index >= 15 is 0 Å². The number of piperazine rings is 1. The van der Waals surface area contributed by atoms with E-state index in [1.165, 1.54) is 4.88 Å². The number of carbonyl (C=O) groups is 1. The van der Waals surface area contributed by atoms with Gasteiger partial charge in [0.2, 0.25) is 5.91 Å². The Labute approximate surface area is 180 Å². The van der Waals surface area contributed by atoms with Crippen LogP contribution in [0.5, 0.6) is 0 Å². The maximum absolute atomic E-state index is 12.6. The van der Waals surface area contributed by atoms with Crippen LogP contribution in [-0.4, -0.2) is 57.7 Å². The minimum atomic E-state index is 0. The zero-order valence-corrected chi connectivity index (χ0v) is 19.0. The Morgan fingerprint density at radius 2 is 2.15 bits per heavy atom. The molecular formula is C17H26IN7OS. The van der Waals surface area contributed by atoms with Crippen molar-refractivity contribution < 1.29 is 4.79 Å². The minimum Gasteiger partial charge on any atom is -0.356 e. The summed E-state index contributed by atoms with van der Waals surface area (Å²) in [6, 6.07) is 0. The highest BCUT2D eigenvalue weighted by Gasteiger charge is 2.27. The number of nitrogens with zero attached hydrogens (tertiary/aromatic N) is 6. The zero-order chi connectivity index (χ0) is 18.5. The van der Waals surface area contributed by atoms with Crippen LogP contribution < -0.4 is 10.2 Å². The van der Waals surface area contributed by atoms with Crippen molar-refractivity contribution in [3.05, 3.63) is 28.5 Å². The van der Waals surface area contributed by atoms with Crippen LogP contribution in [0.1, 0.15) is 23.7 Å². The van der Waals surface area contributed by atoms with Gasteiger partial charge in [0.05, 0.1) is 18.4 Å². The second-order valence-corrected chi connectivity index (χ2v) is 7.28. The molecule has 1 saturated heterocycles. The van der Waals surface area contributed by atoms with Gasteiger partial charge in [-0.2, -0.15) is 5.10 Å². The molecular weight excluding hydrogens is 477 g/mol. The molecule has 3 rings (SSSR count). The van der Waals surface area contributed by atoms with Crippen molar-refractivity contribution in [2.45, 2.75) is 26.8 Å². The van der Waals surface area contributed by atoms with Gasteiger partial charge in [0.15, 0.2) is 5.96 Å². The Kier molecular flexibility index (Phi) is 8.02. The van der Waals surface area contributed by atoms with E-state index in [4.69, 9.17) is 0 Å². The quantitative estimate of drug-likeness (QED) is 0.383. The summed E-state index contributed by atoms with van der Waals surface area (Å²) in [4.78, 5) is 26.7. The summed E-state index contributed by atoms with van der Waals surface area (Å²) in [5.41, 5.74) is 0.842. The van der Waals surface area contributed by atoms with Crippen molar-refractivity contribution in [2.24, 2.45) is 12.0 Å². The molecule has 1 aliphatic rings. The van der Waals surface area contributed by atoms with Crippen molar-refractivity contribution in [2.75, 3.05) is 31.1 Å². The Bertz CT molecular complexity index is 788. The number of hydrogen-bond acceptors (Lipinski definition) is 5. The van der Waals surface area contributed by atoms with Crippen LogP contribution in [-0.2, 0) is 24.8 Å². The van der Waals surface area contributed by atoms with Gasteiger partial charge in [-0.25, -0.2) is 9.98 Å². The second kappa shape index (κ2) is 10.0. The molecule has 2 aromatic heterocycles. The van der Waals surface area contributed by atoms with Crippen molar-refractivity contribution in [1.82, 2.24) is 25.0 Å². The first-order chi connectivity index (χ1) is 12.6. The average Bonchev–Trinajstić information content (AvgIpc) is 3.27. The lowest BCUT2D eigenvalue weighted by atomic mass is 10.3. The summed E-state index contributed by atoms with van der Waals surface area (Å²) in [7, 11) is 1.85. The predicted molar refractivity (Wildman–Crippen MR) is 119 cm³/mol. The third-order valence-corrected chi connectivity index (χ3v) is 5.30. The van der Waals surface area contributed by atoms with E-state index in [2.05, 4.69) is 27.3 Å². The molecule has 27 heavy (non-hydrogen) atoms. The number of nitrogens with one attached hydrogen (secondary N) is 1. The van der Waals surface area contributed by atoms with Crippen molar-refractivity contribution in [3.8, 4) is 0 Å². The molecule has 10 heteroatoms. The number of aromatic nitrogens is 3. The van der Waals surface area contributed by atoms with Gasteiger partial charge in [0, 0.05) is 44.0 Å². The molecule has 0 unspecified atom stereocenters. The number of guanidine groups is 1. The minimum absolute atomic E-state index is 0. The molecule has 0 bridgehead atoms. The first-order valence-electron chi connectivity index (χ1n) is 8.86. The molecule has 1 N–H and O–H groups in total. The molecule has 0 aliphatic carbocycles. The first kappa shape index (κ1) is 21.6. The van der Waals surface area contributed by atoms with Crippen LogP contribution in [0.25, 0.3) is 0 Å². The molecule has 1 aliphatic heterocycles. The maximum atomic E-state index is 12.6. The van der Waals surface area contributed by atoms with Gasteiger partial charge in [-0.3, -0.25) is 9.48 Å². The number of thiazole rings is 1. The molecule has 0 radical (unpaired) electrons. The van der Waals surface area contributed by atoms with Gasteiger partial charge in [-0.05, 0) is 13.3 Å². The number of aliphatic imine (C=N–C) groups is 1. The monoisotopic (exact) mass is 503 g/mol.